The average Bonchev–Trinajstić information content (AvgIpc) is 3.30. The topological polar surface area (TPSA) is 79.2 Å². The Balaban J connectivity index is 1.64. The molecule has 0 spiro atoms. The van der Waals surface area contributed by atoms with Gasteiger partial charge in [0.15, 0.2) is 17.0 Å². The molecule has 1 fully saturated rings. The molecule has 1 aromatic carbocycles. The third kappa shape index (κ3) is 5.97. The lowest BCUT2D eigenvalue weighted by Crippen LogP contribution is -2.45. The monoisotopic (exact) mass is 517 g/mol. The zero-order valence-electron chi connectivity index (χ0n) is 21.6. The highest BCUT2D eigenvalue weighted by Gasteiger charge is 2.31. The molecule has 0 bridgehead atoms. The van der Waals surface area contributed by atoms with Gasteiger partial charge in [-0.15, -0.1) is 0 Å². The highest BCUT2D eigenvalue weighted by molar-refractivity contribution is 5.85. The molecule has 3 aromatic rings. The van der Waals surface area contributed by atoms with Crippen LogP contribution in [0.5, 0.6) is 0 Å². The summed E-state index contributed by atoms with van der Waals surface area (Å²) >= 11 is 0. The van der Waals surface area contributed by atoms with E-state index >= 15 is 0 Å². The fourth-order valence-corrected chi connectivity index (χ4v) is 4.71. The molecule has 200 valence electrons. The Bertz CT molecular complexity index is 1210. The van der Waals surface area contributed by atoms with Crippen LogP contribution in [-0.4, -0.2) is 63.0 Å². The van der Waals surface area contributed by atoms with Crippen molar-refractivity contribution in [3.05, 3.63) is 41.7 Å². The molecule has 1 amide bonds. The summed E-state index contributed by atoms with van der Waals surface area (Å²) in [6, 6.07) is 5.12. The van der Waals surface area contributed by atoms with Crippen LogP contribution in [0.4, 0.5) is 24.9 Å². The predicted octanol–water partition coefficient (Wildman–Crippen LogP) is 4.80. The highest BCUT2D eigenvalue weighted by atomic mass is 19.4. The largest absolute Gasteiger partial charge is 0.416 e. The molecule has 0 radical (unpaired) electrons. The van der Waals surface area contributed by atoms with Gasteiger partial charge in [0.1, 0.15) is 0 Å². The van der Waals surface area contributed by atoms with Gasteiger partial charge in [0.2, 0.25) is 11.9 Å². The van der Waals surface area contributed by atoms with Crippen LogP contribution in [0.2, 0.25) is 0 Å². The van der Waals surface area contributed by atoms with Crippen LogP contribution in [0, 0.1) is 5.92 Å². The van der Waals surface area contributed by atoms with Gasteiger partial charge in [0.25, 0.3) is 0 Å². The second-order valence-corrected chi connectivity index (χ2v) is 9.33. The first kappa shape index (κ1) is 26.7. The Labute approximate surface area is 214 Å². The second-order valence-electron chi connectivity index (χ2n) is 9.33. The summed E-state index contributed by atoms with van der Waals surface area (Å²) < 4.78 is 40.7. The molecule has 0 saturated carbocycles. The second kappa shape index (κ2) is 11.4. The number of rotatable bonds is 9. The van der Waals surface area contributed by atoms with Crippen molar-refractivity contribution in [1.29, 1.82) is 0 Å². The molecule has 1 aliphatic heterocycles. The van der Waals surface area contributed by atoms with Gasteiger partial charge >= 0.3 is 6.18 Å². The predicted molar refractivity (Wildman–Crippen MR) is 138 cm³/mol. The molecule has 4 rings (SSSR count). The van der Waals surface area contributed by atoms with Crippen LogP contribution in [0.25, 0.3) is 11.2 Å². The molecular formula is C26H34F3N7O. The van der Waals surface area contributed by atoms with Crippen molar-refractivity contribution in [1.82, 2.24) is 24.4 Å². The molecule has 1 atom stereocenters. The zero-order valence-corrected chi connectivity index (χ0v) is 21.6. The van der Waals surface area contributed by atoms with E-state index < -0.39 is 11.7 Å². The highest BCUT2D eigenvalue weighted by Crippen LogP contribution is 2.30. The number of nitrogens with one attached hydrogen (secondary N) is 1. The molecule has 37 heavy (non-hydrogen) atoms. The molecular weight excluding hydrogens is 483 g/mol. The van der Waals surface area contributed by atoms with Gasteiger partial charge in [0.05, 0.1) is 24.4 Å². The molecule has 8 nitrogen and oxygen atoms in total. The number of imidazole rings is 1. The molecule has 0 aliphatic carbocycles. The van der Waals surface area contributed by atoms with E-state index in [2.05, 4.69) is 22.1 Å². The average molecular weight is 518 g/mol. The van der Waals surface area contributed by atoms with Crippen molar-refractivity contribution in [3.63, 3.8) is 0 Å². The first-order valence-electron chi connectivity index (χ1n) is 12.9. The quantitative estimate of drug-likeness (QED) is 0.439. The first-order valence-corrected chi connectivity index (χ1v) is 12.9. The number of alkyl halides is 3. The normalized spacial score (nSPS) is 16.3. The smallest absolute Gasteiger partial charge is 0.368 e. The van der Waals surface area contributed by atoms with Crippen LogP contribution in [0.15, 0.2) is 30.6 Å². The van der Waals surface area contributed by atoms with E-state index in [1.54, 1.807) is 6.33 Å². The van der Waals surface area contributed by atoms with Crippen LogP contribution in [0.1, 0.15) is 51.2 Å². The molecule has 1 unspecified atom stereocenters. The Morgan fingerprint density at radius 3 is 2.51 bits per heavy atom. The lowest BCUT2D eigenvalue weighted by molar-refractivity contribution is -0.137. The molecule has 1 aliphatic rings. The van der Waals surface area contributed by atoms with Gasteiger partial charge in [-0.3, -0.25) is 4.79 Å². The van der Waals surface area contributed by atoms with E-state index in [1.807, 2.05) is 23.3 Å². The van der Waals surface area contributed by atoms with Crippen molar-refractivity contribution >= 4 is 28.8 Å². The number of amides is 1. The molecule has 3 heterocycles. The van der Waals surface area contributed by atoms with Crippen molar-refractivity contribution in [2.45, 2.75) is 52.8 Å². The summed E-state index contributed by atoms with van der Waals surface area (Å²) in [6.45, 7) is 9.72. The molecule has 11 heteroatoms. The fourth-order valence-electron chi connectivity index (χ4n) is 4.71. The number of carbonyl (C=O) groups is 1. The fraction of sp³-hybridized carbons (Fsp3) is 0.538. The first-order chi connectivity index (χ1) is 17.7. The van der Waals surface area contributed by atoms with Crippen LogP contribution < -0.4 is 10.2 Å². The number of fused-ring (bicyclic) bond motifs is 1. The van der Waals surface area contributed by atoms with Crippen molar-refractivity contribution in [2.75, 3.05) is 42.9 Å². The summed E-state index contributed by atoms with van der Waals surface area (Å²) in [7, 11) is 0. The number of halogens is 3. The van der Waals surface area contributed by atoms with Gasteiger partial charge in [-0.05, 0) is 50.8 Å². The number of hydrogen-bond acceptors (Lipinski definition) is 6. The standard InChI is InChI=1S/C26H34F3N7O/c1-4-13-30-22-21-23(36(17-31-21)15-18-9-11-20(12-10-18)26(27,28)29)33-25(32-22)35-14-7-8-19(16-35)24(37)34(5-2)6-3/h9-12,17,19H,4-8,13-16H2,1-3H3,(H,30,32,33). The Morgan fingerprint density at radius 2 is 1.86 bits per heavy atom. The molecule has 1 N–H and O–H groups in total. The number of hydrogen-bond donors (Lipinski definition) is 1. The summed E-state index contributed by atoms with van der Waals surface area (Å²) in [5, 5.41) is 3.33. The van der Waals surface area contributed by atoms with Crippen molar-refractivity contribution in [2.24, 2.45) is 5.92 Å². The maximum atomic E-state index is 13.0. The minimum absolute atomic E-state index is 0.114. The van der Waals surface area contributed by atoms with Gasteiger partial charge < -0.3 is 19.7 Å². The van der Waals surface area contributed by atoms with Gasteiger partial charge in [0, 0.05) is 32.7 Å². The van der Waals surface area contributed by atoms with Gasteiger partial charge in [-0.25, -0.2) is 4.98 Å². The maximum absolute atomic E-state index is 13.0. The van der Waals surface area contributed by atoms with Crippen molar-refractivity contribution < 1.29 is 18.0 Å². The van der Waals surface area contributed by atoms with Crippen molar-refractivity contribution in [3.8, 4) is 0 Å². The number of nitrogens with zero attached hydrogens (tertiary/aromatic N) is 6. The minimum Gasteiger partial charge on any atom is -0.368 e. The summed E-state index contributed by atoms with van der Waals surface area (Å²) in [4.78, 5) is 31.1. The van der Waals surface area contributed by atoms with Gasteiger partial charge in [-0.2, -0.15) is 23.1 Å². The van der Waals surface area contributed by atoms with E-state index in [1.165, 1.54) is 12.1 Å². The number of benzene rings is 1. The third-order valence-electron chi connectivity index (χ3n) is 6.76. The third-order valence-corrected chi connectivity index (χ3v) is 6.76. The molecule has 2 aromatic heterocycles. The lowest BCUT2D eigenvalue weighted by Gasteiger charge is -2.34. The van der Waals surface area contributed by atoms with E-state index in [0.717, 1.165) is 37.9 Å². The van der Waals surface area contributed by atoms with Crippen LogP contribution in [0.3, 0.4) is 0 Å². The zero-order chi connectivity index (χ0) is 26.6. The lowest BCUT2D eigenvalue weighted by atomic mass is 9.96. The van der Waals surface area contributed by atoms with Crippen LogP contribution in [-0.2, 0) is 17.5 Å². The number of aromatic nitrogens is 4. The summed E-state index contributed by atoms with van der Waals surface area (Å²) in [5.74, 6) is 1.19. The molecule has 1 saturated heterocycles. The Morgan fingerprint density at radius 1 is 1.14 bits per heavy atom. The number of anilines is 2. The minimum atomic E-state index is -4.37. The van der Waals surface area contributed by atoms with Crippen LogP contribution >= 0.6 is 0 Å². The van der Waals surface area contributed by atoms with Gasteiger partial charge in [-0.1, -0.05) is 19.1 Å². The summed E-state index contributed by atoms with van der Waals surface area (Å²) in [5.41, 5.74) is 1.23. The Kier molecular flexibility index (Phi) is 8.19. The SMILES string of the molecule is CCCNc1nc(N2CCCC(C(=O)N(CC)CC)C2)nc2c1ncn2Cc1ccc(C(F)(F)F)cc1. The maximum Gasteiger partial charge on any atom is 0.416 e. The van der Waals surface area contributed by atoms with E-state index in [9.17, 15) is 18.0 Å². The summed E-state index contributed by atoms with van der Waals surface area (Å²) in [6.07, 6.45) is -0.137. The number of carbonyl (C=O) groups excluding carboxylic acids is 1. The van der Waals surface area contributed by atoms with E-state index in [-0.39, 0.29) is 11.8 Å². The Hall–Kier alpha value is -3.37. The van der Waals surface area contributed by atoms with E-state index in [4.69, 9.17) is 9.97 Å². The number of piperidine rings is 1. The van der Waals surface area contributed by atoms with E-state index in [0.29, 0.717) is 61.2 Å².